The lowest BCUT2D eigenvalue weighted by molar-refractivity contribution is 0.465. The van der Waals surface area contributed by atoms with Crippen molar-refractivity contribution in [3.8, 4) is 45.5 Å². The first-order chi connectivity index (χ1) is 39.2. The lowest BCUT2D eigenvalue weighted by Crippen LogP contribution is -2.74. The van der Waals surface area contributed by atoms with Crippen LogP contribution in [0.2, 0.25) is 0 Å². The van der Waals surface area contributed by atoms with Gasteiger partial charge in [0.2, 0.25) is 0 Å². The summed E-state index contributed by atoms with van der Waals surface area (Å²) in [5.74, 6) is 3.38. The molecule has 0 atom stereocenters. The molecule has 3 aromatic heterocycles. The number of fused-ring (bicyclic) bond motifs is 13. The van der Waals surface area contributed by atoms with E-state index in [1.54, 1.807) is 0 Å². The normalized spacial score (nSPS) is 12.7. The van der Waals surface area contributed by atoms with E-state index in [-0.39, 0.29) is 6.71 Å². The second-order valence-corrected chi connectivity index (χ2v) is 25.9. The molecule has 368 valence electrons. The van der Waals surface area contributed by atoms with Crippen LogP contribution in [-0.4, -0.2) is 23.9 Å². The third-order valence-corrected chi connectivity index (χ3v) is 22.9. The number of hydrogen-bond acceptors (Lipinski definition) is 3. The van der Waals surface area contributed by atoms with Crippen LogP contribution in [0, 0.1) is 0 Å². The predicted molar refractivity (Wildman–Crippen MR) is 335 cm³/mol. The third kappa shape index (κ3) is 6.43. The number of thiophene rings is 1. The number of ether oxygens (including phenoxy) is 2. The van der Waals surface area contributed by atoms with Gasteiger partial charge in [-0.2, -0.15) is 0 Å². The Morgan fingerprint density at radius 3 is 1.43 bits per heavy atom. The molecule has 0 aliphatic carbocycles. The SMILES string of the molecule is c1ccc([Si](c2ccccc2)(c2ccccc2)c2cccc3sc4cc(-c5cc6c7c(c5)Oc5ccccc5B7c5ccccc5O6)c(-n5c6ccccc6c6cc(-n7c8ccccc8c8ccccc87)ccc65)cc4c23)cc1. The Kier molecular flexibility index (Phi) is 9.67. The second-order valence-electron chi connectivity index (χ2n) is 21.0. The zero-order valence-corrected chi connectivity index (χ0v) is 44.5. The van der Waals surface area contributed by atoms with Crippen LogP contribution in [0.25, 0.3) is 86.3 Å². The van der Waals surface area contributed by atoms with Crippen molar-refractivity contribution in [2.24, 2.45) is 0 Å². The van der Waals surface area contributed by atoms with Gasteiger partial charge >= 0.3 is 0 Å². The molecule has 0 amide bonds. The van der Waals surface area contributed by atoms with Crippen LogP contribution in [0.3, 0.4) is 0 Å². The van der Waals surface area contributed by atoms with Gasteiger partial charge in [0.25, 0.3) is 6.71 Å². The fourth-order valence-electron chi connectivity index (χ4n) is 13.7. The van der Waals surface area contributed by atoms with E-state index in [9.17, 15) is 0 Å². The molecule has 5 heterocycles. The summed E-state index contributed by atoms with van der Waals surface area (Å²) in [7, 11) is -2.99. The third-order valence-electron chi connectivity index (χ3n) is 17.0. The van der Waals surface area contributed by atoms with E-state index in [0.717, 1.165) is 72.9 Å². The largest absolute Gasteiger partial charge is 0.458 e. The summed E-state index contributed by atoms with van der Waals surface area (Å²) in [6, 6.07) is 101. The molecule has 7 heteroatoms. The fraction of sp³-hybridized carbons (Fsp3) is 0. The summed E-state index contributed by atoms with van der Waals surface area (Å²) < 4.78 is 21.5. The molecular formula is C72H45BN2O2SSi. The standard InChI is InChI=1S/C72H45BN2O2SSi/c1-4-21-48(22-5-1)79(49-23-6-2-7-24-49,50-25-8-3-9-26-50)70-38-20-37-68-71(70)56-44-63(54(45-69(56)78-68)46-41-66-72-67(42-46)77-65-36-19-14-31-58(65)73(72)57-30-13-18-35-64(57)76-66)75-61-34-17-12-29-53(61)55-43-47(39-40-62(55)75)74-59-32-15-10-27-51(59)52-28-11-16-33-60(52)74/h1-45H. The fourth-order valence-corrected chi connectivity index (χ4v) is 20.0. The van der Waals surface area contributed by atoms with Crippen LogP contribution in [0.1, 0.15) is 0 Å². The maximum Gasteiger partial charge on any atom is 0.260 e. The summed E-state index contributed by atoms with van der Waals surface area (Å²) in [4.78, 5) is 0. The second kappa shape index (κ2) is 17.2. The average molecular weight is 1040 g/mol. The van der Waals surface area contributed by atoms with Gasteiger partial charge < -0.3 is 18.6 Å². The molecule has 0 fully saturated rings. The van der Waals surface area contributed by atoms with Crippen LogP contribution < -0.4 is 46.6 Å². The summed E-state index contributed by atoms with van der Waals surface area (Å²) in [5.41, 5.74) is 12.3. The Hall–Kier alpha value is -9.66. The topological polar surface area (TPSA) is 28.3 Å². The highest BCUT2D eigenvalue weighted by molar-refractivity contribution is 7.27. The lowest BCUT2D eigenvalue weighted by Gasteiger charge is -2.35. The van der Waals surface area contributed by atoms with Gasteiger partial charge in [-0.15, -0.1) is 11.3 Å². The maximum atomic E-state index is 7.01. The quantitative estimate of drug-likeness (QED) is 0.118. The summed E-state index contributed by atoms with van der Waals surface area (Å²) >= 11 is 1.88. The van der Waals surface area contributed by atoms with Crippen LogP contribution in [-0.2, 0) is 0 Å². The molecule has 0 spiro atoms. The highest BCUT2D eigenvalue weighted by Crippen LogP contribution is 2.46. The maximum absolute atomic E-state index is 7.01. The first kappa shape index (κ1) is 44.5. The van der Waals surface area contributed by atoms with Crippen LogP contribution in [0.5, 0.6) is 23.0 Å². The van der Waals surface area contributed by atoms with Crippen molar-refractivity contribution >= 4 is 127 Å². The molecule has 4 nitrogen and oxygen atoms in total. The molecule has 0 N–H and O–H groups in total. The van der Waals surface area contributed by atoms with Crippen LogP contribution in [0.15, 0.2) is 273 Å². The van der Waals surface area contributed by atoms with E-state index in [1.807, 2.05) is 11.3 Å². The van der Waals surface area contributed by atoms with Gasteiger partial charge in [-0.25, -0.2) is 0 Å². The van der Waals surface area contributed by atoms with E-state index in [1.165, 1.54) is 73.5 Å². The van der Waals surface area contributed by atoms with Crippen LogP contribution >= 0.6 is 11.3 Å². The molecule has 12 aromatic carbocycles. The molecule has 2 aliphatic heterocycles. The molecule has 15 aromatic rings. The molecule has 79 heavy (non-hydrogen) atoms. The van der Waals surface area contributed by atoms with Crippen LogP contribution in [0.4, 0.5) is 0 Å². The molecule has 0 bridgehead atoms. The van der Waals surface area contributed by atoms with Crippen molar-refractivity contribution in [3.63, 3.8) is 0 Å². The minimum absolute atomic E-state index is 0.0266. The smallest absolute Gasteiger partial charge is 0.260 e. The summed E-state index contributed by atoms with van der Waals surface area (Å²) in [5, 5.41) is 12.8. The minimum Gasteiger partial charge on any atom is -0.458 e. The zero-order valence-electron chi connectivity index (χ0n) is 42.7. The Morgan fingerprint density at radius 1 is 0.354 bits per heavy atom. The lowest BCUT2D eigenvalue weighted by atomic mass is 9.35. The van der Waals surface area contributed by atoms with E-state index in [2.05, 4.69) is 282 Å². The van der Waals surface area contributed by atoms with Gasteiger partial charge in [0.15, 0.2) is 8.07 Å². The highest BCUT2D eigenvalue weighted by atomic mass is 32.1. The predicted octanol–water partition coefficient (Wildman–Crippen LogP) is 14.0. The van der Waals surface area contributed by atoms with Gasteiger partial charge in [0.1, 0.15) is 23.0 Å². The van der Waals surface area contributed by atoms with Gasteiger partial charge in [0.05, 0.1) is 27.8 Å². The van der Waals surface area contributed by atoms with Gasteiger partial charge in [-0.05, 0) is 116 Å². The molecule has 0 saturated heterocycles. The van der Waals surface area contributed by atoms with E-state index in [0.29, 0.717) is 0 Å². The number of aromatic nitrogens is 2. The highest BCUT2D eigenvalue weighted by Gasteiger charge is 2.44. The molecule has 0 unspecified atom stereocenters. The number of rotatable bonds is 7. The van der Waals surface area contributed by atoms with Crippen molar-refractivity contribution in [2.45, 2.75) is 0 Å². The molecule has 17 rings (SSSR count). The van der Waals surface area contributed by atoms with Gasteiger partial charge in [-0.3, -0.25) is 0 Å². The average Bonchev–Trinajstić information content (AvgIpc) is 4.31. The zero-order chi connectivity index (χ0) is 51.8. The number of para-hydroxylation sites is 5. The molecule has 2 aliphatic rings. The van der Waals surface area contributed by atoms with Crippen molar-refractivity contribution < 1.29 is 9.47 Å². The van der Waals surface area contributed by atoms with Crippen molar-refractivity contribution in [1.82, 2.24) is 9.13 Å². The van der Waals surface area contributed by atoms with E-state index < -0.39 is 8.07 Å². The molecule has 0 saturated carbocycles. The Morgan fingerprint density at radius 2 is 0.848 bits per heavy atom. The first-order valence-corrected chi connectivity index (χ1v) is 29.9. The molecule has 0 radical (unpaired) electrons. The number of nitrogens with zero attached hydrogens (tertiary/aromatic N) is 2. The van der Waals surface area contributed by atoms with E-state index in [4.69, 9.17) is 9.47 Å². The van der Waals surface area contributed by atoms with Crippen molar-refractivity contribution in [1.29, 1.82) is 0 Å². The van der Waals surface area contributed by atoms with E-state index >= 15 is 0 Å². The number of hydrogen-bond donors (Lipinski definition) is 0. The Bertz CT molecular complexity index is 4770. The minimum atomic E-state index is -2.99. The summed E-state index contributed by atoms with van der Waals surface area (Å²) in [6.45, 7) is -0.0266. The Balaban J connectivity index is 0.981. The van der Waals surface area contributed by atoms with Gasteiger partial charge in [-0.1, -0.05) is 194 Å². The first-order valence-electron chi connectivity index (χ1n) is 27.1. The number of benzene rings is 12. The van der Waals surface area contributed by atoms with Crippen molar-refractivity contribution in [3.05, 3.63) is 273 Å². The monoisotopic (exact) mass is 1040 g/mol. The van der Waals surface area contributed by atoms with Crippen molar-refractivity contribution in [2.75, 3.05) is 0 Å². The Labute approximate surface area is 461 Å². The van der Waals surface area contributed by atoms with Gasteiger partial charge in [0, 0.05) is 58.4 Å². The molecular weight excluding hydrogens is 996 g/mol. The summed E-state index contributed by atoms with van der Waals surface area (Å²) in [6.07, 6.45) is 0.